The molecule has 0 bridgehead atoms. The second kappa shape index (κ2) is 9.15. The van der Waals surface area contributed by atoms with Gasteiger partial charge in [0.1, 0.15) is 24.0 Å². The molecule has 2 heterocycles. The molecule has 1 aliphatic heterocycles. The molecule has 0 saturated carbocycles. The Morgan fingerprint density at radius 3 is 2.93 bits per heavy atom. The van der Waals surface area contributed by atoms with Crippen LogP contribution in [0.1, 0.15) is 5.82 Å². The van der Waals surface area contributed by atoms with Crippen LogP contribution in [0.25, 0.3) is 0 Å². The van der Waals surface area contributed by atoms with Crippen LogP contribution in [0.2, 0.25) is 0 Å². The van der Waals surface area contributed by atoms with Gasteiger partial charge in [-0.3, -0.25) is 9.59 Å². The highest BCUT2D eigenvalue weighted by Crippen LogP contribution is 2.17. The summed E-state index contributed by atoms with van der Waals surface area (Å²) in [6.45, 7) is 2.56. The molecule has 9 heteroatoms. The van der Waals surface area contributed by atoms with E-state index in [2.05, 4.69) is 15.3 Å². The average Bonchev–Trinajstić information content (AvgIpc) is 2.67. The summed E-state index contributed by atoms with van der Waals surface area (Å²) in [5.74, 6) is 1.08. The molecule has 0 radical (unpaired) electrons. The molecule has 1 saturated heterocycles. The first kappa shape index (κ1) is 18.9. The van der Waals surface area contributed by atoms with Gasteiger partial charge in [0.05, 0.1) is 26.2 Å². The molecule has 1 amide bonds. The smallest absolute Gasteiger partial charge is 0.252 e. The number of H-pyrrole nitrogens is 1. The SMILES string of the molecule is O=C(Cc1nc(N2CCOCC2)cc(=O)[nH]1)Nc1cccc(OCCO)c1. The first-order valence-corrected chi connectivity index (χ1v) is 8.70. The number of rotatable bonds is 7. The molecule has 2 aromatic rings. The van der Waals surface area contributed by atoms with E-state index in [-0.39, 0.29) is 31.1 Å². The zero-order valence-corrected chi connectivity index (χ0v) is 14.8. The number of hydrogen-bond donors (Lipinski definition) is 3. The molecule has 3 rings (SSSR count). The van der Waals surface area contributed by atoms with Crippen LogP contribution >= 0.6 is 0 Å². The number of aromatic amines is 1. The quantitative estimate of drug-likeness (QED) is 0.632. The zero-order chi connectivity index (χ0) is 19.1. The standard InChI is InChI=1S/C18H22N4O5/c23-6-9-27-14-3-1-2-13(10-14)19-17(24)11-15-20-16(12-18(25)21-15)22-4-7-26-8-5-22/h1-3,10,12,23H,4-9,11H2,(H,19,24)(H,20,21,25). The number of carbonyl (C=O) groups is 1. The maximum absolute atomic E-state index is 12.3. The molecule has 27 heavy (non-hydrogen) atoms. The van der Waals surface area contributed by atoms with E-state index in [0.29, 0.717) is 49.4 Å². The summed E-state index contributed by atoms with van der Waals surface area (Å²) in [6.07, 6.45) is -0.0604. The molecule has 0 spiro atoms. The fourth-order valence-corrected chi connectivity index (χ4v) is 2.72. The third kappa shape index (κ3) is 5.53. The average molecular weight is 374 g/mol. The van der Waals surface area contributed by atoms with Gasteiger partial charge in [-0.25, -0.2) is 4.98 Å². The van der Waals surface area contributed by atoms with Crippen molar-refractivity contribution in [1.82, 2.24) is 9.97 Å². The zero-order valence-electron chi connectivity index (χ0n) is 14.8. The lowest BCUT2D eigenvalue weighted by molar-refractivity contribution is -0.115. The number of aromatic nitrogens is 2. The van der Waals surface area contributed by atoms with Gasteiger partial charge in [0.15, 0.2) is 0 Å². The van der Waals surface area contributed by atoms with E-state index in [9.17, 15) is 9.59 Å². The molecule has 144 valence electrons. The Kier molecular flexibility index (Phi) is 6.39. The second-order valence-electron chi connectivity index (χ2n) is 5.97. The largest absolute Gasteiger partial charge is 0.491 e. The Hall–Kier alpha value is -2.91. The number of aliphatic hydroxyl groups excluding tert-OH is 1. The molecule has 0 aliphatic carbocycles. The van der Waals surface area contributed by atoms with Gasteiger partial charge in [-0.1, -0.05) is 6.07 Å². The molecule has 3 N–H and O–H groups in total. The summed E-state index contributed by atoms with van der Waals surface area (Å²) in [5.41, 5.74) is 0.260. The lowest BCUT2D eigenvalue weighted by Gasteiger charge is -2.27. The van der Waals surface area contributed by atoms with Crippen molar-refractivity contribution < 1.29 is 19.4 Å². The molecule has 9 nitrogen and oxygen atoms in total. The highest BCUT2D eigenvalue weighted by Gasteiger charge is 2.15. The number of amides is 1. The Balaban J connectivity index is 1.65. The van der Waals surface area contributed by atoms with Crippen LogP contribution < -0.4 is 20.5 Å². The molecule has 1 aliphatic rings. The Labute approximate surface area is 155 Å². The van der Waals surface area contributed by atoms with Crippen LogP contribution in [0.4, 0.5) is 11.5 Å². The van der Waals surface area contributed by atoms with Crippen molar-refractivity contribution in [3.8, 4) is 5.75 Å². The van der Waals surface area contributed by atoms with Crippen LogP contribution in [-0.2, 0) is 16.0 Å². The van der Waals surface area contributed by atoms with Gasteiger partial charge in [-0.15, -0.1) is 0 Å². The van der Waals surface area contributed by atoms with Crippen molar-refractivity contribution in [1.29, 1.82) is 0 Å². The molecular formula is C18H22N4O5. The molecule has 1 aromatic carbocycles. The van der Waals surface area contributed by atoms with E-state index in [1.807, 2.05) is 4.90 Å². The minimum absolute atomic E-state index is 0.0604. The van der Waals surface area contributed by atoms with E-state index >= 15 is 0 Å². The normalized spacial score (nSPS) is 14.0. The fraction of sp³-hybridized carbons (Fsp3) is 0.389. The number of hydrogen-bond acceptors (Lipinski definition) is 7. The van der Waals surface area contributed by atoms with Crippen molar-refractivity contribution >= 4 is 17.4 Å². The third-order valence-corrected chi connectivity index (χ3v) is 3.92. The van der Waals surface area contributed by atoms with Gasteiger partial charge in [0, 0.05) is 30.9 Å². The van der Waals surface area contributed by atoms with Crippen molar-refractivity contribution in [2.24, 2.45) is 0 Å². The first-order chi connectivity index (χ1) is 13.1. The predicted octanol–water partition coefficient (Wildman–Crippen LogP) is 0.159. The van der Waals surface area contributed by atoms with Crippen LogP contribution in [0, 0.1) is 0 Å². The summed E-state index contributed by atoms with van der Waals surface area (Å²) in [4.78, 5) is 33.2. The maximum Gasteiger partial charge on any atom is 0.252 e. The molecule has 0 atom stereocenters. The maximum atomic E-state index is 12.3. The van der Waals surface area contributed by atoms with Crippen molar-refractivity contribution in [2.75, 3.05) is 49.7 Å². The summed E-state index contributed by atoms with van der Waals surface area (Å²) < 4.78 is 10.6. The minimum atomic E-state index is -0.309. The summed E-state index contributed by atoms with van der Waals surface area (Å²) in [5, 5.41) is 11.6. The van der Waals surface area contributed by atoms with E-state index in [0.717, 1.165) is 0 Å². The highest BCUT2D eigenvalue weighted by molar-refractivity contribution is 5.92. The lowest BCUT2D eigenvalue weighted by atomic mass is 10.3. The van der Waals surface area contributed by atoms with Crippen LogP contribution in [0.3, 0.4) is 0 Å². The first-order valence-electron chi connectivity index (χ1n) is 8.70. The third-order valence-electron chi connectivity index (χ3n) is 3.92. The van der Waals surface area contributed by atoms with Gasteiger partial charge >= 0.3 is 0 Å². The van der Waals surface area contributed by atoms with Crippen LogP contribution in [-0.4, -0.2) is 60.5 Å². The number of morpholine rings is 1. The van der Waals surface area contributed by atoms with Gasteiger partial charge < -0.3 is 29.8 Å². The van der Waals surface area contributed by atoms with E-state index in [4.69, 9.17) is 14.6 Å². The van der Waals surface area contributed by atoms with Gasteiger partial charge in [0.2, 0.25) is 5.91 Å². The molecule has 0 unspecified atom stereocenters. The highest BCUT2D eigenvalue weighted by atomic mass is 16.5. The second-order valence-corrected chi connectivity index (χ2v) is 5.97. The van der Waals surface area contributed by atoms with E-state index in [1.165, 1.54) is 6.07 Å². The monoisotopic (exact) mass is 374 g/mol. The van der Waals surface area contributed by atoms with E-state index < -0.39 is 0 Å². The summed E-state index contributed by atoms with van der Waals surface area (Å²) in [6, 6.07) is 8.28. The topological polar surface area (TPSA) is 117 Å². The van der Waals surface area contributed by atoms with Crippen molar-refractivity contribution in [3.05, 3.63) is 46.5 Å². The Morgan fingerprint density at radius 1 is 1.33 bits per heavy atom. The number of ether oxygens (including phenoxy) is 2. The number of nitrogens with one attached hydrogen (secondary N) is 2. The Morgan fingerprint density at radius 2 is 2.15 bits per heavy atom. The molecule has 1 fully saturated rings. The number of nitrogens with zero attached hydrogens (tertiary/aromatic N) is 2. The Bertz CT molecular complexity index is 832. The lowest BCUT2D eigenvalue weighted by Crippen LogP contribution is -2.37. The summed E-state index contributed by atoms with van der Waals surface area (Å²) in [7, 11) is 0. The summed E-state index contributed by atoms with van der Waals surface area (Å²) >= 11 is 0. The number of benzene rings is 1. The van der Waals surface area contributed by atoms with Crippen LogP contribution in [0.5, 0.6) is 5.75 Å². The number of aliphatic hydroxyl groups is 1. The molecular weight excluding hydrogens is 352 g/mol. The fourth-order valence-electron chi connectivity index (χ4n) is 2.72. The van der Waals surface area contributed by atoms with Crippen molar-refractivity contribution in [3.63, 3.8) is 0 Å². The number of carbonyl (C=O) groups excluding carboxylic acids is 1. The number of anilines is 2. The van der Waals surface area contributed by atoms with E-state index in [1.54, 1.807) is 24.3 Å². The van der Waals surface area contributed by atoms with Gasteiger partial charge in [-0.2, -0.15) is 0 Å². The van der Waals surface area contributed by atoms with Crippen molar-refractivity contribution in [2.45, 2.75) is 6.42 Å². The van der Waals surface area contributed by atoms with Gasteiger partial charge in [-0.05, 0) is 12.1 Å². The predicted molar refractivity (Wildman–Crippen MR) is 99.2 cm³/mol. The van der Waals surface area contributed by atoms with Gasteiger partial charge in [0.25, 0.3) is 5.56 Å². The minimum Gasteiger partial charge on any atom is -0.491 e. The molecule has 1 aromatic heterocycles. The van der Waals surface area contributed by atoms with Crippen LogP contribution in [0.15, 0.2) is 35.1 Å².